The summed E-state index contributed by atoms with van der Waals surface area (Å²) in [5.74, 6) is 2.25. The summed E-state index contributed by atoms with van der Waals surface area (Å²) in [7, 11) is 0. The van der Waals surface area contributed by atoms with Gasteiger partial charge in [0.25, 0.3) is 0 Å². The predicted molar refractivity (Wildman–Crippen MR) is 69.9 cm³/mol. The lowest BCUT2D eigenvalue weighted by Gasteiger charge is -2.34. The van der Waals surface area contributed by atoms with Crippen molar-refractivity contribution in [2.75, 3.05) is 19.6 Å². The highest BCUT2D eigenvalue weighted by Crippen LogP contribution is 2.20. The Labute approximate surface area is 108 Å². The highest BCUT2D eigenvalue weighted by molar-refractivity contribution is 5.77. The summed E-state index contributed by atoms with van der Waals surface area (Å²) < 4.78 is 5.18. The van der Waals surface area contributed by atoms with Crippen molar-refractivity contribution >= 4 is 5.91 Å². The number of rotatable bonds is 4. The number of hydrogen-bond donors (Lipinski definition) is 1. The van der Waals surface area contributed by atoms with Crippen LogP contribution in [0.4, 0.5) is 0 Å². The molecule has 2 rings (SSSR count). The molecule has 4 nitrogen and oxygen atoms in total. The van der Waals surface area contributed by atoms with Crippen molar-refractivity contribution in [2.24, 2.45) is 11.8 Å². The molecule has 1 N–H and O–H groups in total. The number of hydrogen-bond acceptors (Lipinski definition) is 3. The Morgan fingerprint density at radius 1 is 1.44 bits per heavy atom. The van der Waals surface area contributed by atoms with E-state index in [4.69, 9.17) is 4.42 Å². The van der Waals surface area contributed by atoms with Crippen LogP contribution in [0.1, 0.15) is 26.0 Å². The second-order valence-electron chi connectivity index (χ2n) is 5.50. The molecule has 0 saturated carbocycles. The van der Waals surface area contributed by atoms with Crippen LogP contribution in [0.2, 0.25) is 0 Å². The molecule has 4 heteroatoms. The highest BCUT2D eigenvalue weighted by atomic mass is 16.3. The Balaban J connectivity index is 1.73. The highest BCUT2D eigenvalue weighted by Gasteiger charge is 2.23. The van der Waals surface area contributed by atoms with E-state index in [9.17, 15) is 4.79 Å². The van der Waals surface area contributed by atoms with Gasteiger partial charge < -0.3 is 9.73 Å². The van der Waals surface area contributed by atoms with E-state index >= 15 is 0 Å². The van der Waals surface area contributed by atoms with Gasteiger partial charge in [0.05, 0.1) is 19.4 Å². The average molecular weight is 250 g/mol. The van der Waals surface area contributed by atoms with E-state index in [1.807, 2.05) is 12.1 Å². The molecular weight excluding hydrogens is 228 g/mol. The third-order valence-corrected chi connectivity index (χ3v) is 3.35. The van der Waals surface area contributed by atoms with Crippen molar-refractivity contribution in [3.63, 3.8) is 0 Å². The van der Waals surface area contributed by atoms with Gasteiger partial charge in [-0.05, 0) is 30.4 Å². The molecule has 1 aromatic heterocycles. The van der Waals surface area contributed by atoms with Crippen LogP contribution < -0.4 is 5.32 Å². The van der Waals surface area contributed by atoms with E-state index < -0.39 is 0 Å². The van der Waals surface area contributed by atoms with Crippen LogP contribution in [-0.2, 0) is 11.3 Å². The Hall–Kier alpha value is -1.29. The molecule has 1 aliphatic rings. The van der Waals surface area contributed by atoms with Gasteiger partial charge in [0.1, 0.15) is 5.76 Å². The number of carbonyl (C=O) groups is 1. The topological polar surface area (TPSA) is 45.5 Å². The van der Waals surface area contributed by atoms with Crippen molar-refractivity contribution in [3.8, 4) is 0 Å². The third kappa shape index (κ3) is 3.88. The summed E-state index contributed by atoms with van der Waals surface area (Å²) >= 11 is 0. The lowest BCUT2D eigenvalue weighted by Crippen LogP contribution is -2.44. The second kappa shape index (κ2) is 6.05. The maximum absolute atomic E-state index is 11.8. The van der Waals surface area contributed by atoms with Crippen LogP contribution in [0.15, 0.2) is 22.8 Å². The van der Waals surface area contributed by atoms with Gasteiger partial charge in [0.2, 0.25) is 5.91 Å². The van der Waals surface area contributed by atoms with Crippen LogP contribution in [0.25, 0.3) is 0 Å². The molecule has 1 aromatic rings. The first-order valence-corrected chi connectivity index (χ1v) is 6.65. The minimum atomic E-state index is 0.0766. The Morgan fingerprint density at radius 3 is 2.78 bits per heavy atom. The van der Waals surface area contributed by atoms with Crippen LogP contribution in [0, 0.1) is 11.8 Å². The third-order valence-electron chi connectivity index (χ3n) is 3.35. The molecule has 1 aliphatic heterocycles. The fourth-order valence-electron chi connectivity index (χ4n) is 2.78. The van der Waals surface area contributed by atoms with E-state index in [1.165, 1.54) is 6.42 Å². The van der Waals surface area contributed by atoms with Crippen molar-refractivity contribution < 1.29 is 9.21 Å². The number of piperidine rings is 1. The first-order chi connectivity index (χ1) is 8.63. The van der Waals surface area contributed by atoms with Crippen LogP contribution in [0.5, 0.6) is 0 Å². The molecule has 1 saturated heterocycles. The number of carbonyl (C=O) groups excluding carboxylic acids is 1. The number of likely N-dealkylation sites (tertiary alicyclic amines) is 1. The molecule has 0 spiro atoms. The van der Waals surface area contributed by atoms with Gasteiger partial charge in [0.15, 0.2) is 0 Å². The summed E-state index contributed by atoms with van der Waals surface area (Å²) in [5.41, 5.74) is 0. The smallest absolute Gasteiger partial charge is 0.234 e. The van der Waals surface area contributed by atoms with E-state index in [0.29, 0.717) is 24.9 Å². The van der Waals surface area contributed by atoms with Gasteiger partial charge in [-0.25, -0.2) is 0 Å². The summed E-state index contributed by atoms with van der Waals surface area (Å²) in [6, 6.07) is 3.70. The van der Waals surface area contributed by atoms with Crippen LogP contribution in [0.3, 0.4) is 0 Å². The lowest BCUT2D eigenvalue weighted by molar-refractivity contribution is -0.123. The van der Waals surface area contributed by atoms with Crippen LogP contribution in [-0.4, -0.2) is 30.4 Å². The molecule has 100 valence electrons. The first-order valence-electron chi connectivity index (χ1n) is 6.65. The molecule has 0 aromatic carbocycles. The fraction of sp³-hybridized carbons (Fsp3) is 0.643. The summed E-state index contributed by atoms with van der Waals surface area (Å²) in [6.07, 6.45) is 2.89. The average Bonchev–Trinajstić information content (AvgIpc) is 2.77. The Bertz CT molecular complexity index is 365. The fourth-order valence-corrected chi connectivity index (χ4v) is 2.78. The molecule has 1 fully saturated rings. The van der Waals surface area contributed by atoms with E-state index in [1.54, 1.807) is 6.26 Å². The molecule has 0 radical (unpaired) electrons. The molecular formula is C14H22N2O2. The van der Waals surface area contributed by atoms with Gasteiger partial charge in [0, 0.05) is 13.1 Å². The largest absolute Gasteiger partial charge is 0.467 e. The van der Waals surface area contributed by atoms with Crippen molar-refractivity contribution in [3.05, 3.63) is 24.2 Å². The molecule has 18 heavy (non-hydrogen) atoms. The molecule has 1 amide bonds. The molecule has 0 aliphatic carbocycles. The number of nitrogens with one attached hydrogen (secondary N) is 1. The van der Waals surface area contributed by atoms with Gasteiger partial charge >= 0.3 is 0 Å². The zero-order valence-electron chi connectivity index (χ0n) is 11.2. The van der Waals surface area contributed by atoms with E-state index in [0.717, 1.165) is 18.8 Å². The molecule has 0 unspecified atom stereocenters. The van der Waals surface area contributed by atoms with Gasteiger partial charge in [-0.1, -0.05) is 13.8 Å². The van der Waals surface area contributed by atoms with Crippen molar-refractivity contribution in [1.82, 2.24) is 10.2 Å². The van der Waals surface area contributed by atoms with Crippen molar-refractivity contribution in [2.45, 2.75) is 26.8 Å². The number of nitrogens with zero attached hydrogens (tertiary/aromatic N) is 1. The SMILES string of the molecule is C[C@@H]1C[C@@H](C)CN(CC(=O)NCc2ccco2)C1. The maximum atomic E-state index is 11.8. The minimum Gasteiger partial charge on any atom is -0.467 e. The summed E-state index contributed by atoms with van der Waals surface area (Å²) in [5, 5.41) is 2.89. The van der Waals surface area contributed by atoms with Crippen molar-refractivity contribution in [1.29, 1.82) is 0 Å². The van der Waals surface area contributed by atoms with Gasteiger partial charge in [-0.2, -0.15) is 0 Å². The molecule has 2 heterocycles. The Morgan fingerprint density at radius 2 is 2.17 bits per heavy atom. The number of furan rings is 1. The first kappa shape index (κ1) is 13.1. The monoisotopic (exact) mass is 250 g/mol. The second-order valence-corrected chi connectivity index (χ2v) is 5.50. The molecule has 2 atom stereocenters. The zero-order chi connectivity index (χ0) is 13.0. The van der Waals surface area contributed by atoms with Gasteiger partial charge in [-0.3, -0.25) is 9.69 Å². The van der Waals surface area contributed by atoms with Gasteiger partial charge in [-0.15, -0.1) is 0 Å². The normalized spacial score (nSPS) is 25.0. The van der Waals surface area contributed by atoms with E-state index in [2.05, 4.69) is 24.1 Å². The predicted octanol–water partition coefficient (Wildman–Crippen LogP) is 1.87. The van der Waals surface area contributed by atoms with Crippen LogP contribution >= 0.6 is 0 Å². The zero-order valence-corrected chi connectivity index (χ0v) is 11.2. The lowest BCUT2D eigenvalue weighted by atomic mass is 9.92. The summed E-state index contributed by atoms with van der Waals surface area (Å²) in [6.45, 7) is 7.53. The number of amides is 1. The molecule has 0 bridgehead atoms. The van der Waals surface area contributed by atoms with E-state index in [-0.39, 0.29) is 5.91 Å². The maximum Gasteiger partial charge on any atom is 0.234 e. The Kier molecular flexibility index (Phi) is 4.42. The quantitative estimate of drug-likeness (QED) is 0.887. The minimum absolute atomic E-state index is 0.0766. The summed E-state index contributed by atoms with van der Waals surface area (Å²) in [4.78, 5) is 14.1. The standard InChI is InChI=1S/C14H22N2O2/c1-11-6-12(2)9-16(8-11)10-14(17)15-7-13-4-3-5-18-13/h3-5,11-12H,6-10H2,1-2H3,(H,15,17)/t11-,12-/m1/s1.